The van der Waals surface area contributed by atoms with Gasteiger partial charge in [-0.2, -0.15) is 0 Å². The van der Waals surface area contributed by atoms with Crippen molar-refractivity contribution in [3.05, 3.63) is 29.6 Å². The Morgan fingerprint density at radius 2 is 2.21 bits per heavy atom. The van der Waals surface area contributed by atoms with Gasteiger partial charge in [0.15, 0.2) is 0 Å². The van der Waals surface area contributed by atoms with E-state index >= 15 is 0 Å². The lowest BCUT2D eigenvalue weighted by Gasteiger charge is -2.22. The maximum Gasteiger partial charge on any atom is 0.240 e. The SMILES string of the molecule is CC1CNS(=O)(=O)c2ccc(F)cc21. The van der Waals surface area contributed by atoms with Crippen LogP contribution in [0.2, 0.25) is 0 Å². The Labute approximate surface area is 82.0 Å². The van der Waals surface area contributed by atoms with E-state index in [0.29, 0.717) is 12.1 Å². The molecule has 0 aliphatic carbocycles. The molecule has 14 heavy (non-hydrogen) atoms. The molecule has 1 unspecified atom stereocenters. The summed E-state index contributed by atoms with van der Waals surface area (Å²) in [5.41, 5.74) is 0.559. The van der Waals surface area contributed by atoms with Gasteiger partial charge < -0.3 is 0 Å². The molecule has 5 heteroatoms. The molecule has 1 aromatic rings. The van der Waals surface area contributed by atoms with Crippen molar-refractivity contribution < 1.29 is 12.8 Å². The highest BCUT2D eigenvalue weighted by Crippen LogP contribution is 2.28. The minimum atomic E-state index is -3.41. The number of nitrogens with one attached hydrogen (secondary N) is 1. The van der Waals surface area contributed by atoms with Gasteiger partial charge in [-0.15, -0.1) is 0 Å². The van der Waals surface area contributed by atoms with Gasteiger partial charge in [0.25, 0.3) is 0 Å². The van der Waals surface area contributed by atoms with E-state index in [-0.39, 0.29) is 10.8 Å². The first kappa shape index (κ1) is 9.61. The fourth-order valence-corrected chi connectivity index (χ4v) is 3.01. The molecule has 0 bridgehead atoms. The van der Waals surface area contributed by atoms with Crippen molar-refractivity contribution in [2.24, 2.45) is 0 Å². The summed E-state index contributed by atoms with van der Waals surface area (Å²) in [5.74, 6) is -0.378. The second kappa shape index (κ2) is 3.03. The molecule has 0 aromatic heterocycles. The van der Waals surface area contributed by atoms with Gasteiger partial charge in [-0.3, -0.25) is 0 Å². The standard InChI is InChI=1S/C9H10FNO2S/c1-6-5-11-14(12,13)9-3-2-7(10)4-8(6)9/h2-4,6,11H,5H2,1H3. The Morgan fingerprint density at radius 1 is 1.50 bits per heavy atom. The third-order valence-electron chi connectivity index (χ3n) is 2.37. The summed E-state index contributed by atoms with van der Waals surface area (Å²) >= 11 is 0. The molecule has 0 amide bonds. The Morgan fingerprint density at radius 3 is 2.93 bits per heavy atom. The molecular weight excluding hydrogens is 205 g/mol. The number of sulfonamides is 1. The van der Waals surface area contributed by atoms with E-state index in [1.165, 1.54) is 12.1 Å². The van der Waals surface area contributed by atoms with Crippen LogP contribution >= 0.6 is 0 Å². The van der Waals surface area contributed by atoms with Crippen LogP contribution in [0.25, 0.3) is 0 Å². The van der Waals surface area contributed by atoms with Crippen LogP contribution in [0.1, 0.15) is 18.4 Å². The average molecular weight is 215 g/mol. The third kappa shape index (κ3) is 1.42. The van der Waals surface area contributed by atoms with Gasteiger partial charge in [-0.05, 0) is 29.7 Å². The second-order valence-electron chi connectivity index (χ2n) is 3.44. The van der Waals surface area contributed by atoms with Crippen molar-refractivity contribution in [2.45, 2.75) is 17.7 Å². The molecule has 1 aliphatic heterocycles. The van der Waals surface area contributed by atoms with Crippen LogP contribution in [0.15, 0.2) is 23.1 Å². The number of halogens is 1. The normalized spacial score (nSPS) is 24.3. The topological polar surface area (TPSA) is 46.2 Å². The first-order chi connectivity index (χ1) is 6.50. The van der Waals surface area contributed by atoms with E-state index in [2.05, 4.69) is 4.72 Å². The van der Waals surface area contributed by atoms with Crippen molar-refractivity contribution in [1.82, 2.24) is 4.72 Å². The Kier molecular flexibility index (Phi) is 2.08. The van der Waals surface area contributed by atoms with Crippen molar-refractivity contribution >= 4 is 10.0 Å². The number of hydrogen-bond donors (Lipinski definition) is 1. The van der Waals surface area contributed by atoms with Crippen LogP contribution in [0.5, 0.6) is 0 Å². The summed E-state index contributed by atoms with van der Waals surface area (Å²) in [7, 11) is -3.41. The fourth-order valence-electron chi connectivity index (χ4n) is 1.57. The molecule has 1 aromatic carbocycles. The summed E-state index contributed by atoms with van der Waals surface area (Å²) in [6, 6.07) is 3.76. The molecule has 1 atom stereocenters. The zero-order valence-electron chi connectivity index (χ0n) is 7.62. The van der Waals surface area contributed by atoms with Gasteiger partial charge in [-0.25, -0.2) is 17.5 Å². The van der Waals surface area contributed by atoms with Gasteiger partial charge >= 0.3 is 0 Å². The van der Waals surface area contributed by atoms with Crippen molar-refractivity contribution in [3.8, 4) is 0 Å². The Balaban J connectivity index is 2.69. The number of hydrogen-bond acceptors (Lipinski definition) is 2. The number of rotatable bonds is 0. The number of benzene rings is 1. The van der Waals surface area contributed by atoms with Crippen LogP contribution in [0.3, 0.4) is 0 Å². The molecule has 0 fully saturated rings. The molecule has 0 spiro atoms. The highest BCUT2D eigenvalue weighted by molar-refractivity contribution is 7.89. The monoisotopic (exact) mass is 215 g/mol. The third-order valence-corrected chi connectivity index (χ3v) is 3.87. The van der Waals surface area contributed by atoms with Crippen LogP contribution in [0.4, 0.5) is 4.39 Å². The van der Waals surface area contributed by atoms with Gasteiger partial charge in [0, 0.05) is 6.54 Å². The molecule has 0 saturated carbocycles. The van der Waals surface area contributed by atoms with E-state index in [4.69, 9.17) is 0 Å². The summed E-state index contributed by atoms with van der Waals surface area (Å²) in [6.07, 6.45) is 0. The quantitative estimate of drug-likeness (QED) is 0.707. The Bertz CT molecular complexity index is 470. The molecule has 3 nitrogen and oxygen atoms in total. The maximum absolute atomic E-state index is 12.9. The van der Waals surface area contributed by atoms with Gasteiger partial charge in [-0.1, -0.05) is 6.92 Å². The highest BCUT2D eigenvalue weighted by Gasteiger charge is 2.27. The summed E-state index contributed by atoms with van der Waals surface area (Å²) in [6.45, 7) is 2.19. The van der Waals surface area contributed by atoms with E-state index in [9.17, 15) is 12.8 Å². The minimum Gasteiger partial charge on any atom is -0.211 e. The van der Waals surface area contributed by atoms with E-state index in [1.807, 2.05) is 6.92 Å². The molecule has 76 valence electrons. The largest absolute Gasteiger partial charge is 0.240 e. The lowest BCUT2D eigenvalue weighted by molar-refractivity contribution is 0.555. The lowest BCUT2D eigenvalue weighted by atomic mass is 10.0. The molecule has 1 N–H and O–H groups in total. The molecule has 0 saturated heterocycles. The molecule has 1 heterocycles. The first-order valence-electron chi connectivity index (χ1n) is 4.30. The molecular formula is C9H10FNO2S. The van der Waals surface area contributed by atoms with Gasteiger partial charge in [0.05, 0.1) is 4.90 Å². The van der Waals surface area contributed by atoms with Crippen LogP contribution in [-0.4, -0.2) is 15.0 Å². The zero-order valence-corrected chi connectivity index (χ0v) is 8.44. The zero-order chi connectivity index (χ0) is 10.3. The molecule has 0 radical (unpaired) electrons. The van der Waals surface area contributed by atoms with E-state index < -0.39 is 15.8 Å². The van der Waals surface area contributed by atoms with Crippen molar-refractivity contribution in [3.63, 3.8) is 0 Å². The first-order valence-corrected chi connectivity index (χ1v) is 5.78. The summed E-state index contributed by atoms with van der Waals surface area (Å²) < 4.78 is 38.3. The lowest BCUT2D eigenvalue weighted by Crippen LogP contribution is -2.33. The maximum atomic E-state index is 12.9. The predicted molar refractivity (Wildman–Crippen MR) is 50.0 cm³/mol. The fraction of sp³-hybridized carbons (Fsp3) is 0.333. The van der Waals surface area contributed by atoms with Crippen molar-refractivity contribution in [2.75, 3.05) is 6.54 Å². The smallest absolute Gasteiger partial charge is 0.211 e. The average Bonchev–Trinajstić information content (AvgIpc) is 2.12. The van der Waals surface area contributed by atoms with Gasteiger partial charge in [0.1, 0.15) is 5.82 Å². The minimum absolute atomic E-state index is 0.0178. The van der Waals surface area contributed by atoms with Crippen LogP contribution < -0.4 is 4.72 Å². The summed E-state index contributed by atoms with van der Waals surface area (Å²) in [5, 5.41) is 0. The van der Waals surface area contributed by atoms with Gasteiger partial charge in [0.2, 0.25) is 10.0 Å². The summed E-state index contributed by atoms with van der Waals surface area (Å²) in [4.78, 5) is 0.192. The van der Waals surface area contributed by atoms with Crippen LogP contribution in [-0.2, 0) is 10.0 Å². The second-order valence-corrected chi connectivity index (χ2v) is 5.17. The molecule has 2 rings (SSSR count). The predicted octanol–water partition coefficient (Wildman–Crippen LogP) is 1.22. The highest BCUT2D eigenvalue weighted by atomic mass is 32.2. The molecule has 1 aliphatic rings. The van der Waals surface area contributed by atoms with Crippen LogP contribution in [0, 0.1) is 5.82 Å². The Hall–Kier alpha value is -0.940. The van der Waals surface area contributed by atoms with Crippen molar-refractivity contribution in [1.29, 1.82) is 0 Å². The van der Waals surface area contributed by atoms with E-state index in [1.54, 1.807) is 0 Å². The van der Waals surface area contributed by atoms with E-state index in [0.717, 1.165) is 6.07 Å². The number of fused-ring (bicyclic) bond motifs is 1.